The number of benzene rings is 1. The quantitative estimate of drug-likeness (QED) is 0.792. The van der Waals surface area contributed by atoms with Gasteiger partial charge in [-0.25, -0.2) is 14.4 Å². The van der Waals surface area contributed by atoms with Gasteiger partial charge in [-0.3, -0.25) is 9.69 Å². The van der Waals surface area contributed by atoms with Gasteiger partial charge in [0.1, 0.15) is 11.6 Å². The van der Waals surface area contributed by atoms with Crippen molar-refractivity contribution in [2.75, 3.05) is 19.6 Å². The van der Waals surface area contributed by atoms with Crippen LogP contribution in [0.1, 0.15) is 65.1 Å². The highest BCUT2D eigenvalue weighted by Gasteiger charge is 2.32. The lowest BCUT2D eigenvalue weighted by molar-refractivity contribution is 0.0935. The van der Waals surface area contributed by atoms with E-state index in [1.165, 1.54) is 6.07 Å². The molecule has 0 bridgehead atoms. The molecule has 1 saturated heterocycles. The van der Waals surface area contributed by atoms with Crippen LogP contribution >= 0.6 is 11.6 Å². The molecule has 5 nitrogen and oxygen atoms in total. The number of halogens is 2. The van der Waals surface area contributed by atoms with Gasteiger partial charge in [0.2, 0.25) is 0 Å². The van der Waals surface area contributed by atoms with Gasteiger partial charge in [0.25, 0.3) is 5.91 Å². The van der Waals surface area contributed by atoms with Crippen LogP contribution in [0.4, 0.5) is 4.39 Å². The largest absolute Gasteiger partial charge is 0.350 e. The Labute approximate surface area is 169 Å². The van der Waals surface area contributed by atoms with Crippen LogP contribution in [-0.4, -0.2) is 40.4 Å². The van der Waals surface area contributed by atoms with Crippen molar-refractivity contribution in [2.24, 2.45) is 0 Å². The van der Waals surface area contributed by atoms with Gasteiger partial charge in [0.15, 0.2) is 0 Å². The fraction of sp³-hybridized carbons (Fsp3) is 0.476. The number of aromatic nitrogens is 2. The van der Waals surface area contributed by atoms with Crippen LogP contribution in [0.3, 0.4) is 0 Å². The molecule has 4 rings (SSSR count). The summed E-state index contributed by atoms with van der Waals surface area (Å²) in [4.78, 5) is 23.8. The van der Waals surface area contributed by atoms with Crippen LogP contribution in [0, 0.1) is 12.7 Å². The van der Waals surface area contributed by atoms with E-state index >= 15 is 0 Å². The Morgan fingerprint density at radius 1 is 1.36 bits per heavy atom. The number of nitrogens with one attached hydrogen (secondary N) is 1. The van der Waals surface area contributed by atoms with Gasteiger partial charge in [-0.05, 0) is 57.8 Å². The molecule has 2 aromatic rings. The van der Waals surface area contributed by atoms with E-state index in [1.54, 1.807) is 18.3 Å². The third-order valence-corrected chi connectivity index (χ3v) is 5.85. The number of hydrogen-bond acceptors (Lipinski definition) is 4. The third kappa shape index (κ3) is 4.03. The minimum absolute atomic E-state index is 0.210. The Balaban J connectivity index is 1.56. The number of amides is 1. The zero-order chi connectivity index (χ0) is 19.7. The molecular formula is C21H24ClFN4O. The molecule has 2 heterocycles. The van der Waals surface area contributed by atoms with Crippen molar-refractivity contribution in [3.8, 4) is 0 Å². The van der Waals surface area contributed by atoms with E-state index in [0.29, 0.717) is 27.9 Å². The maximum atomic E-state index is 14.6. The van der Waals surface area contributed by atoms with Gasteiger partial charge >= 0.3 is 0 Å². The summed E-state index contributed by atoms with van der Waals surface area (Å²) in [6.45, 7) is 3.85. The number of aryl methyl sites for hydroxylation is 1. The van der Waals surface area contributed by atoms with Crippen molar-refractivity contribution < 1.29 is 9.18 Å². The molecule has 0 spiro atoms. The minimum atomic E-state index is -0.337. The average Bonchev–Trinajstić information content (AvgIpc) is 3.38. The first-order valence-corrected chi connectivity index (χ1v) is 10.2. The molecule has 1 aromatic carbocycles. The molecule has 2 fully saturated rings. The molecule has 28 heavy (non-hydrogen) atoms. The van der Waals surface area contributed by atoms with E-state index in [4.69, 9.17) is 11.6 Å². The second-order valence-corrected chi connectivity index (χ2v) is 8.00. The molecule has 0 radical (unpaired) electrons. The van der Waals surface area contributed by atoms with E-state index in [2.05, 4.69) is 20.2 Å². The topological polar surface area (TPSA) is 58.1 Å². The molecule has 1 amide bonds. The van der Waals surface area contributed by atoms with Gasteiger partial charge in [0.05, 0.1) is 17.3 Å². The standard InChI is InChI=1S/C21H24ClFN4O/c1-13-24-11-15(20(26-13)14-7-8-14)21(28)25-12-18(27-9-2-3-10-27)19-16(22)5-4-6-17(19)23/h4-6,11,14,18H,2-3,7-10,12H2,1H3,(H,25,28). The van der Waals surface area contributed by atoms with Crippen LogP contribution < -0.4 is 5.32 Å². The summed E-state index contributed by atoms with van der Waals surface area (Å²) in [6, 6.07) is 4.43. The van der Waals surface area contributed by atoms with E-state index < -0.39 is 0 Å². The Morgan fingerprint density at radius 2 is 2.11 bits per heavy atom. The Bertz CT molecular complexity index is 860. The SMILES string of the molecule is Cc1ncc(C(=O)NCC(c2c(F)cccc2Cl)N2CCCC2)c(C2CC2)n1. The van der Waals surface area contributed by atoms with E-state index in [1.807, 2.05) is 6.92 Å². The Kier molecular flexibility index (Phi) is 5.60. The van der Waals surface area contributed by atoms with Gasteiger partial charge in [-0.15, -0.1) is 0 Å². The molecule has 2 aliphatic rings. The zero-order valence-corrected chi connectivity index (χ0v) is 16.7. The van der Waals surface area contributed by atoms with Crippen molar-refractivity contribution in [1.82, 2.24) is 20.2 Å². The summed E-state index contributed by atoms with van der Waals surface area (Å²) >= 11 is 6.33. The first kappa shape index (κ1) is 19.3. The Morgan fingerprint density at radius 3 is 2.79 bits per heavy atom. The molecule has 1 N–H and O–H groups in total. The summed E-state index contributed by atoms with van der Waals surface area (Å²) in [7, 11) is 0. The molecule has 1 aliphatic carbocycles. The minimum Gasteiger partial charge on any atom is -0.350 e. The fourth-order valence-corrected chi connectivity index (χ4v) is 4.20. The highest BCUT2D eigenvalue weighted by molar-refractivity contribution is 6.31. The van der Waals surface area contributed by atoms with Crippen molar-refractivity contribution in [3.63, 3.8) is 0 Å². The molecule has 7 heteroatoms. The van der Waals surface area contributed by atoms with Crippen molar-refractivity contribution >= 4 is 17.5 Å². The van der Waals surface area contributed by atoms with Gasteiger partial charge in [-0.1, -0.05) is 17.7 Å². The highest BCUT2D eigenvalue weighted by atomic mass is 35.5. The van der Waals surface area contributed by atoms with Crippen molar-refractivity contribution in [1.29, 1.82) is 0 Å². The molecule has 1 aromatic heterocycles. The summed E-state index contributed by atoms with van der Waals surface area (Å²) in [5.41, 5.74) is 1.80. The number of rotatable bonds is 6. The number of carbonyl (C=O) groups is 1. The monoisotopic (exact) mass is 402 g/mol. The van der Waals surface area contributed by atoms with E-state index in [0.717, 1.165) is 44.5 Å². The normalized spacial score (nSPS) is 18.2. The first-order chi connectivity index (χ1) is 13.5. The summed E-state index contributed by atoms with van der Waals surface area (Å²) in [5, 5.41) is 3.38. The van der Waals surface area contributed by atoms with Crippen molar-refractivity contribution in [3.05, 3.63) is 57.9 Å². The van der Waals surface area contributed by atoms with Crippen LogP contribution in [-0.2, 0) is 0 Å². The van der Waals surface area contributed by atoms with Crippen molar-refractivity contribution in [2.45, 2.75) is 44.6 Å². The fourth-order valence-electron chi connectivity index (χ4n) is 3.91. The second kappa shape index (κ2) is 8.13. The number of likely N-dealkylation sites (tertiary alicyclic amines) is 1. The zero-order valence-electron chi connectivity index (χ0n) is 15.9. The number of nitrogens with zero attached hydrogens (tertiary/aromatic N) is 3. The van der Waals surface area contributed by atoms with E-state index in [-0.39, 0.29) is 24.3 Å². The number of carbonyl (C=O) groups excluding carboxylic acids is 1. The van der Waals surface area contributed by atoms with Crippen LogP contribution in [0.15, 0.2) is 24.4 Å². The Hall–Kier alpha value is -2.05. The number of hydrogen-bond donors (Lipinski definition) is 1. The molecule has 1 aliphatic heterocycles. The smallest absolute Gasteiger partial charge is 0.254 e. The predicted octanol–water partition coefficient (Wildman–Crippen LogP) is 4.02. The summed E-state index contributed by atoms with van der Waals surface area (Å²) in [6.07, 6.45) is 5.84. The summed E-state index contributed by atoms with van der Waals surface area (Å²) in [5.74, 6) is 0.471. The highest BCUT2D eigenvalue weighted by Crippen LogP contribution is 2.40. The maximum Gasteiger partial charge on any atom is 0.254 e. The molecule has 1 saturated carbocycles. The lowest BCUT2D eigenvalue weighted by atomic mass is 10.0. The van der Waals surface area contributed by atoms with Gasteiger partial charge in [0, 0.05) is 29.2 Å². The van der Waals surface area contributed by atoms with Crippen LogP contribution in [0.5, 0.6) is 0 Å². The van der Waals surface area contributed by atoms with E-state index in [9.17, 15) is 9.18 Å². The van der Waals surface area contributed by atoms with Gasteiger partial charge < -0.3 is 5.32 Å². The first-order valence-electron chi connectivity index (χ1n) is 9.84. The lowest BCUT2D eigenvalue weighted by Crippen LogP contribution is -2.37. The van der Waals surface area contributed by atoms with Gasteiger partial charge in [-0.2, -0.15) is 0 Å². The molecular weight excluding hydrogens is 379 g/mol. The van der Waals surface area contributed by atoms with Crippen LogP contribution in [0.2, 0.25) is 5.02 Å². The second-order valence-electron chi connectivity index (χ2n) is 7.59. The van der Waals surface area contributed by atoms with Crippen LogP contribution in [0.25, 0.3) is 0 Å². The molecule has 1 unspecified atom stereocenters. The average molecular weight is 403 g/mol. The predicted molar refractivity (Wildman–Crippen MR) is 106 cm³/mol. The molecule has 1 atom stereocenters. The lowest BCUT2D eigenvalue weighted by Gasteiger charge is -2.29. The third-order valence-electron chi connectivity index (χ3n) is 5.52. The molecule has 148 valence electrons. The maximum absolute atomic E-state index is 14.6. The summed E-state index contributed by atoms with van der Waals surface area (Å²) < 4.78 is 14.6.